The fourth-order valence-electron chi connectivity index (χ4n) is 2.61. The van der Waals surface area contributed by atoms with Gasteiger partial charge in [-0.25, -0.2) is 0 Å². The van der Waals surface area contributed by atoms with Crippen molar-refractivity contribution < 1.29 is 4.79 Å². The Hall–Kier alpha value is -0.840. The molecule has 1 fully saturated rings. The molecule has 1 aliphatic rings. The molecule has 0 aliphatic heterocycles. The smallest absolute Gasteiger partial charge is 0.227 e. The van der Waals surface area contributed by atoms with E-state index in [-0.39, 0.29) is 36.1 Å². The van der Waals surface area contributed by atoms with Gasteiger partial charge in [0.25, 0.3) is 0 Å². The van der Waals surface area contributed by atoms with Crippen molar-refractivity contribution in [3.8, 4) is 0 Å². The van der Waals surface area contributed by atoms with Gasteiger partial charge < -0.3 is 11.1 Å². The first-order chi connectivity index (χ1) is 8.77. The minimum Gasteiger partial charge on any atom is -0.355 e. The van der Waals surface area contributed by atoms with Crippen molar-refractivity contribution in [1.29, 1.82) is 0 Å². The summed E-state index contributed by atoms with van der Waals surface area (Å²) >= 11 is 0. The van der Waals surface area contributed by atoms with E-state index in [0.29, 0.717) is 13.1 Å². The summed E-state index contributed by atoms with van der Waals surface area (Å²) in [6.07, 6.45) is 6.64. The highest BCUT2D eigenvalue weighted by Crippen LogP contribution is 2.37. The van der Waals surface area contributed by atoms with E-state index in [1.165, 1.54) is 0 Å². The quantitative estimate of drug-likeness (QED) is 0.873. The SMILES string of the molecule is Cl.Cl.NCC1(C(=O)NCCc2ccccn2)CCCC1. The largest absolute Gasteiger partial charge is 0.355 e. The molecule has 0 bridgehead atoms. The number of amides is 1. The molecule has 1 heterocycles. The van der Waals surface area contributed by atoms with Crippen LogP contribution < -0.4 is 11.1 Å². The Kier molecular flexibility index (Phi) is 8.78. The van der Waals surface area contributed by atoms with Gasteiger partial charge in [-0.2, -0.15) is 0 Å². The lowest BCUT2D eigenvalue weighted by Crippen LogP contribution is -2.44. The molecule has 6 heteroatoms. The highest BCUT2D eigenvalue weighted by Gasteiger charge is 2.39. The Balaban J connectivity index is 0.00000180. The van der Waals surface area contributed by atoms with Crippen LogP contribution in [0.25, 0.3) is 0 Å². The minimum atomic E-state index is -0.301. The van der Waals surface area contributed by atoms with Crippen LogP contribution >= 0.6 is 24.8 Å². The van der Waals surface area contributed by atoms with Crippen LogP contribution in [0.5, 0.6) is 0 Å². The zero-order valence-corrected chi connectivity index (χ0v) is 13.1. The lowest BCUT2D eigenvalue weighted by atomic mass is 9.85. The van der Waals surface area contributed by atoms with Gasteiger partial charge in [-0.1, -0.05) is 18.9 Å². The van der Waals surface area contributed by atoms with E-state index in [9.17, 15) is 4.79 Å². The Morgan fingerprint density at radius 3 is 2.55 bits per heavy atom. The van der Waals surface area contributed by atoms with Gasteiger partial charge in [0.2, 0.25) is 5.91 Å². The summed E-state index contributed by atoms with van der Waals surface area (Å²) in [5.74, 6) is 0.124. The molecule has 114 valence electrons. The fourth-order valence-corrected chi connectivity index (χ4v) is 2.61. The number of hydrogen-bond acceptors (Lipinski definition) is 3. The van der Waals surface area contributed by atoms with Crippen LogP contribution in [0.3, 0.4) is 0 Å². The molecule has 0 radical (unpaired) electrons. The van der Waals surface area contributed by atoms with Crippen LogP contribution in [0.2, 0.25) is 0 Å². The molecule has 1 aromatic heterocycles. The van der Waals surface area contributed by atoms with E-state index in [1.54, 1.807) is 6.20 Å². The number of aromatic nitrogens is 1. The molecule has 20 heavy (non-hydrogen) atoms. The molecule has 0 unspecified atom stereocenters. The van der Waals surface area contributed by atoms with Gasteiger partial charge in [0.1, 0.15) is 0 Å². The molecule has 2 rings (SSSR count). The van der Waals surface area contributed by atoms with Crippen molar-refractivity contribution in [1.82, 2.24) is 10.3 Å². The summed E-state index contributed by atoms with van der Waals surface area (Å²) in [5, 5.41) is 3.01. The number of nitrogens with one attached hydrogen (secondary N) is 1. The first kappa shape index (κ1) is 19.2. The van der Waals surface area contributed by atoms with Gasteiger partial charge in [0.15, 0.2) is 0 Å². The predicted octanol–water partition coefficient (Wildman–Crippen LogP) is 2.10. The number of halogens is 2. The van der Waals surface area contributed by atoms with Crippen LogP contribution in [-0.2, 0) is 11.2 Å². The number of nitrogens with zero attached hydrogens (tertiary/aromatic N) is 1. The van der Waals surface area contributed by atoms with Gasteiger partial charge in [-0.3, -0.25) is 9.78 Å². The molecule has 0 aromatic carbocycles. The highest BCUT2D eigenvalue weighted by molar-refractivity contribution is 5.85. The maximum atomic E-state index is 12.2. The molecule has 4 nitrogen and oxygen atoms in total. The fraction of sp³-hybridized carbons (Fsp3) is 0.571. The summed E-state index contributed by atoms with van der Waals surface area (Å²) in [4.78, 5) is 16.4. The topological polar surface area (TPSA) is 68.0 Å². The lowest BCUT2D eigenvalue weighted by Gasteiger charge is -2.25. The lowest BCUT2D eigenvalue weighted by molar-refractivity contribution is -0.130. The Labute approximate surface area is 132 Å². The average Bonchev–Trinajstić information content (AvgIpc) is 2.90. The van der Waals surface area contributed by atoms with Gasteiger partial charge in [0, 0.05) is 31.4 Å². The zero-order chi connectivity index (χ0) is 12.8. The van der Waals surface area contributed by atoms with E-state index < -0.39 is 0 Å². The van der Waals surface area contributed by atoms with E-state index >= 15 is 0 Å². The van der Waals surface area contributed by atoms with Crippen LogP contribution in [0, 0.1) is 5.41 Å². The molecule has 1 aromatic rings. The third kappa shape index (κ3) is 4.62. The van der Waals surface area contributed by atoms with Crippen molar-refractivity contribution in [2.24, 2.45) is 11.1 Å². The summed E-state index contributed by atoms with van der Waals surface area (Å²) in [5.41, 5.74) is 6.48. The Morgan fingerprint density at radius 1 is 1.30 bits per heavy atom. The molecule has 1 amide bonds. The van der Waals surface area contributed by atoms with Gasteiger partial charge in [-0.15, -0.1) is 24.8 Å². The molecule has 0 saturated heterocycles. The van der Waals surface area contributed by atoms with Crippen LogP contribution in [-0.4, -0.2) is 24.0 Å². The number of carbonyl (C=O) groups is 1. The molecular formula is C14H23Cl2N3O. The second-order valence-corrected chi connectivity index (χ2v) is 5.02. The monoisotopic (exact) mass is 319 g/mol. The van der Waals surface area contributed by atoms with Gasteiger partial charge in [0.05, 0.1) is 5.41 Å². The van der Waals surface area contributed by atoms with Gasteiger partial charge in [-0.05, 0) is 25.0 Å². The minimum absolute atomic E-state index is 0. The van der Waals surface area contributed by atoms with Crippen molar-refractivity contribution in [3.05, 3.63) is 30.1 Å². The molecule has 1 aliphatic carbocycles. The van der Waals surface area contributed by atoms with Crippen molar-refractivity contribution in [2.45, 2.75) is 32.1 Å². The zero-order valence-electron chi connectivity index (χ0n) is 11.5. The number of carbonyl (C=O) groups excluding carboxylic acids is 1. The maximum absolute atomic E-state index is 12.2. The molecular weight excluding hydrogens is 297 g/mol. The second-order valence-electron chi connectivity index (χ2n) is 5.02. The summed E-state index contributed by atoms with van der Waals surface area (Å²) in [6.45, 7) is 1.10. The van der Waals surface area contributed by atoms with Crippen LogP contribution in [0.4, 0.5) is 0 Å². The third-order valence-corrected chi connectivity index (χ3v) is 3.83. The average molecular weight is 320 g/mol. The molecule has 0 spiro atoms. The number of nitrogens with two attached hydrogens (primary N) is 1. The highest BCUT2D eigenvalue weighted by atomic mass is 35.5. The molecule has 3 N–H and O–H groups in total. The van der Waals surface area contributed by atoms with Crippen molar-refractivity contribution >= 4 is 30.7 Å². The molecule has 1 saturated carbocycles. The summed E-state index contributed by atoms with van der Waals surface area (Å²) in [7, 11) is 0. The first-order valence-electron chi connectivity index (χ1n) is 6.65. The summed E-state index contributed by atoms with van der Waals surface area (Å²) < 4.78 is 0. The predicted molar refractivity (Wildman–Crippen MR) is 85.4 cm³/mol. The first-order valence-corrected chi connectivity index (χ1v) is 6.65. The third-order valence-electron chi connectivity index (χ3n) is 3.83. The second kappa shape index (κ2) is 9.16. The van der Waals surface area contributed by atoms with Crippen molar-refractivity contribution in [2.75, 3.05) is 13.1 Å². The Morgan fingerprint density at radius 2 is 2.00 bits per heavy atom. The Bertz CT molecular complexity index is 395. The number of hydrogen-bond donors (Lipinski definition) is 2. The van der Waals surface area contributed by atoms with Crippen LogP contribution in [0.15, 0.2) is 24.4 Å². The normalized spacial score (nSPS) is 15.8. The van der Waals surface area contributed by atoms with E-state index in [1.807, 2.05) is 18.2 Å². The van der Waals surface area contributed by atoms with Crippen molar-refractivity contribution in [3.63, 3.8) is 0 Å². The standard InChI is InChI=1S/C14H21N3O.2ClH/c15-11-14(7-2-3-8-14)13(18)17-10-6-12-5-1-4-9-16-12;;/h1,4-5,9H,2-3,6-8,10-11,15H2,(H,17,18);2*1H. The van der Waals surface area contributed by atoms with Crippen LogP contribution in [0.1, 0.15) is 31.4 Å². The molecule has 0 atom stereocenters. The summed E-state index contributed by atoms with van der Waals surface area (Å²) in [6, 6.07) is 5.83. The van der Waals surface area contributed by atoms with E-state index in [0.717, 1.165) is 37.8 Å². The number of pyridine rings is 1. The maximum Gasteiger partial charge on any atom is 0.227 e. The number of rotatable bonds is 5. The van der Waals surface area contributed by atoms with E-state index in [4.69, 9.17) is 5.73 Å². The van der Waals surface area contributed by atoms with E-state index in [2.05, 4.69) is 10.3 Å². The van der Waals surface area contributed by atoms with Gasteiger partial charge >= 0.3 is 0 Å².